The second-order valence-corrected chi connectivity index (χ2v) is 5.41. The van der Waals surface area contributed by atoms with E-state index in [1.54, 1.807) is 4.90 Å². The topological polar surface area (TPSA) is 56.1 Å². The van der Waals surface area contributed by atoms with E-state index in [9.17, 15) is 13.6 Å². The van der Waals surface area contributed by atoms with E-state index in [1.807, 2.05) is 6.07 Å². The zero-order valence-corrected chi connectivity index (χ0v) is 12.3. The van der Waals surface area contributed by atoms with Gasteiger partial charge in [0.2, 0.25) is 0 Å². The Balaban J connectivity index is 2.07. The maximum atomic E-state index is 13.5. The van der Waals surface area contributed by atoms with E-state index in [0.29, 0.717) is 19.0 Å². The minimum atomic E-state index is -0.784. The molecule has 2 rings (SSSR count). The summed E-state index contributed by atoms with van der Waals surface area (Å²) in [5, 5.41) is 11.7. The zero-order valence-electron chi connectivity index (χ0n) is 12.3. The fraction of sp³-hybridized carbons (Fsp3) is 0.375. The number of carbonyl (C=O) groups excluding carboxylic acids is 1. The van der Waals surface area contributed by atoms with E-state index < -0.39 is 11.6 Å². The summed E-state index contributed by atoms with van der Waals surface area (Å²) in [4.78, 5) is 13.9. The highest BCUT2D eigenvalue weighted by Crippen LogP contribution is 2.19. The molecule has 0 atom stereocenters. The summed E-state index contributed by atoms with van der Waals surface area (Å²) >= 11 is 0. The molecule has 0 unspecified atom stereocenters. The lowest BCUT2D eigenvalue weighted by molar-refractivity contribution is -0.128. The summed E-state index contributed by atoms with van der Waals surface area (Å²) in [5.74, 6) is -1.27. The molecule has 6 heteroatoms. The Hall–Kier alpha value is -2.42. The Kier molecular flexibility index (Phi) is 5.10. The van der Waals surface area contributed by atoms with Crippen LogP contribution in [0.3, 0.4) is 0 Å². The molecule has 1 aromatic carbocycles. The van der Waals surface area contributed by atoms with Crippen molar-refractivity contribution < 1.29 is 13.6 Å². The third-order valence-corrected chi connectivity index (χ3v) is 3.72. The maximum Gasteiger partial charge on any atom is 0.266 e. The Bertz CT molecular complexity index is 629. The molecule has 1 heterocycles. The van der Waals surface area contributed by atoms with Crippen molar-refractivity contribution in [3.05, 3.63) is 41.6 Å². The predicted molar refractivity (Wildman–Crippen MR) is 78.7 cm³/mol. The van der Waals surface area contributed by atoms with Crippen LogP contribution in [-0.4, -0.2) is 23.9 Å². The SMILES string of the molecule is CC1CCN(C(=O)/C(C#N)=C\Nc2ccc(F)cc2F)CC1. The molecule has 0 aromatic heterocycles. The quantitative estimate of drug-likeness (QED) is 0.690. The summed E-state index contributed by atoms with van der Waals surface area (Å²) in [7, 11) is 0. The molecule has 1 aliphatic heterocycles. The molecule has 1 fully saturated rings. The molecule has 0 aliphatic carbocycles. The van der Waals surface area contributed by atoms with Crippen molar-refractivity contribution >= 4 is 11.6 Å². The van der Waals surface area contributed by atoms with Gasteiger partial charge in [0.25, 0.3) is 5.91 Å². The monoisotopic (exact) mass is 305 g/mol. The number of carbonyl (C=O) groups is 1. The Morgan fingerprint density at radius 3 is 2.68 bits per heavy atom. The first-order valence-electron chi connectivity index (χ1n) is 7.12. The molecule has 1 aliphatic rings. The first-order chi connectivity index (χ1) is 10.5. The second kappa shape index (κ2) is 7.03. The third-order valence-electron chi connectivity index (χ3n) is 3.72. The number of piperidine rings is 1. The van der Waals surface area contributed by atoms with Gasteiger partial charge in [-0.25, -0.2) is 8.78 Å². The van der Waals surface area contributed by atoms with Crippen LogP contribution < -0.4 is 5.32 Å². The second-order valence-electron chi connectivity index (χ2n) is 5.41. The molecule has 0 bridgehead atoms. The van der Waals surface area contributed by atoms with Gasteiger partial charge in [-0.3, -0.25) is 4.79 Å². The molecule has 0 saturated carbocycles. The number of nitriles is 1. The lowest BCUT2D eigenvalue weighted by Crippen LogP contribution is -2.38. The Morgan fingerprint density at radius 2 is 2.09 bits per heavy atom. The summed E-state index contributed by atoms with van der Waals surface area (Å²) in [6.07, 6.45) is 2.98. The first kappa shape index (κ1) is 16.0. The molecule has 0 radical (unpaired) electrons. The van der Waals surface area contributed by atoms with Crippen LogP contribution in [0.25, 0.3) is 0 Å². The molecule has 116 valence electrons. The Labute approximate surface area is 128 Å². The smallest absolute Gasteiger partial charge is 0.266 e. The number of halogens is 2. The number of amides is 1. The van der Waals surface area contributed by atoms with Crippen LogP contribution in [0.1, 0.15) is 19.8 Å². The van der Waals surface area contributed by atoms with Gasteiger partial charge in [0.1, 0.15) is 23.3 Å². The Morgan fingerprint density at radius 1 is 1.41 bits per heavy atom. The van der Waals surface area contributed by atoms with Crippen LogP contribution in [0.2, 0.25) is 0 Å². The number of likely N-dealkylation sites (tertiary alicyclic amines) is 1. The van der Waals surface area contributed by atoms with Crippen molar-refractivity contribution in [2.75, 3.05) is 18.4 Å². The van der Waals surface area contributed by atoms with Gasteiger partial charge >= 0.3 is 0 Å². The average Bonchev–Trinajstić information content (AvgIpc) is 2.50. The van der Waals surface area contributed by atoms with Crippen molar-refractivity contribution in [3.63, 3.8) is 0 Å². The van der Waals surface area contributed by atoms with Gasteiger partial charge in [-0.05, 0) is 30.9 Å². The maximum absolute atomic E-state index is 13.5. The van der Waals surface area contributed by atoms with Crippen LogP contribution in [0.15, 0.2) is 30.0 Å². The van der Waals surface area contributed by atoms with E-state index >= 15 is 0 Å². The standard InChI is InChI=1S/C16H17F2N3O/c1-11-4-6-21(7-5-11)16(22)12(9-19)10-20-15-3-2-13(17)8-14(15)18/h2-3,8,10-11,20H,4-7H2,1H3/b12-10-. The minimum absolute atomic E-state index is 0.00853. The number of benzene rings is 1. The number of nitrogens with one attached hydrogen (secondary N) is 1. The number of nitrogens with zero attached hydrogens (tertiary/aromatic N) is 2. The summed E-state index contributed by atoms with van der Waals surface area (Å²) in [6, 6.07) is 4.86. The molecule has 1 N–H and O–H groups in total. The van der Waals surface area contributed by atoms with Crippen molar-refractivity contribution in [1.29, 1.82) is 5.26 Å². The van der Waals surface area contributed by atoms with Crippen LogP contribution in [0, 0.1) is 28.9 Å². The van der Waals surface area contributed by atoms with Crippen molar-refractivity contribution in [1.82, 2.24) is 4.90 Å². The van der Waals surface area contributed by atoms with Gasteiger partial charge < -0.3 is 10.2 Å². The molecular formula is C16H17F2N3O. The van der Waals surface area contributed by atoms with Gasteiger partial charge in [-0.1, -0.05) is 6.92 Å². The molecular weight excluding hydrogens is 288 g/mol. The molecule has 1 saturated heterocycles. The zero-order chi connectivity index (χ0) is 16.1. The average molecular weight is 305 g/mol. The van der Waals surface area contributed by atoms with E-state index in [-0.39, 0.29) is 17.2 Å². The molecule has 4 nitrogen and oxygen atoms in total. The van der Waals surface area contributed by atoms with E-state index in [1.165, 1.54) is 6.07 Å². The normalized spacial score (nSPS) is 16.3. The third kappa shape index (κ3) is 3.82. The van der Waals surface area contributed by atoms with Gasteiger partial charge in [0, 0.05) is 25.4 Å². The summed E-state index contributed by atoms with van der Waals surface area (Å²) in [5.41, 5.74) is -0.0903. The fourth-order valence-corrected chi connectivity index (χ4v) is 2.28. The van der Waals surface area contributed by atoms with Gasteiger partial charge in [-0.2, -0.15) is 5.26 Å². The highest BCUT2D eigenvalue weighted by atomic mass is 19.1. The van der Waals surface area contributed by atoms with Crippen molar-refractivity contribution in [2.45, 2.75) is 19.8 Å². The lowest BCUT2D eigenvalue weighted by Gasteiger charge is -2.30. The van der Waals surface area contributed by atoms with E-state index in [4.69, 9.17) is 5.26 Å². The lowest BCUT2D eigenvalue weighted by atomic mass is 9.99. The highest BCUT2D eigenvalue weighted by molar-refractivity contribution is 5.97. The van der Waals surface area contributed by atoms with Gasteiger partial charge in [0.15, 0.2) is 0 Å². The van der Waals surface area contributed by atoms with E-state index in [0.717, 1.165) is 31.2 Å². The van der Waals surface area contributed by atoms with Gasteiger partial charge in [0.05, 0.1) is 5.69 Å². The number of rotatable bonds is 3. The molecule has 22 heavy (non-hydrogen) atoms. The number of hydrogen-bond donors (Lipinski definition) is 1. The van der Waals surface area contributed by atoms with Gasteiger partial charge in [-0.15, -0.1) is 0 Å². The molecule has 1 amide bonds. The number of hydrogen-bond acceptors (Lipinski definition) is 3. The van der Waals surface area contributed by atoms with E-state index in [2.05, 4.69) is 12.2 Å². The highest BCUT2D eigenvalue weighted by Gasteiger charge is 2.23. The summed E-state index contributed by atoms with van der Waals surface area (Å²) in [6.45, 7) is 3.36. The van der Waals surface area contributed by atoms with Crippen LogP contribution in [0.4, 0.5) is 14.5 Å². The fourth-order valence-electron chi connectivity index (χ4n) is 2.28. The molecule has 1 aromatic rings. The van der Waals surface area contributed by atoms with Crippen LogP contribution in [-0.2, 0) is 4.79 Å². The van der Waals surface area contributed by atoms with Crippen LogP contribution in [0.5, 0.6) is 0 Å². The predicted octanol–water partition coefficient (Wildman–Crippen LogP) is 3.04. The van der Waals surface area contributed by atoms with Crippen LogP contribution >= 0.6 is 0 Å². The largest absolute Gasteiger partial charge is 0.358 e. The number of anilines is 1. The van der Waals surface area contributed by atoms with Crippen molar-refractivity contribution in [3.8, 4) is 6.07 Å². The first-order valence-corrected chi connectivity index (χ1v) is 7.12. The minimum Gasteiger partial charge on any atom is -0.358 e. The van der Waals surface area contributed by atoms with Crippen molar-refractivity contribution in [2.24, 2.45) is 5.92 Å². The summed E-state index contributed by atoms with van der Waals surface area (Å²) < 4.78 is 26.3. The molecule has 0 spiro atoms.